The minimum Gasteiger partial charge on any atom is -0.399 e. The topological polar surface area (TPSA) is 103 Å². The van der Waals surface area contributed by atoms with Crippen molar-refractivity contribution in [1.82, 2.24) is 9.88 Å². The first kappa shape index (κ1) is 13.6. The maximum absolute atomic E-state index is 12.0. The van der Waals surface area contributed by atoms with Crippen LogP contribution in [0.2, 0.25) is 0 Å². The van der Waals surface area contributed by atoms with Crippen LogP contribution in [0.4, 0.5) is 11.4 Å². The highest BCUT2D eigenvalue weighted by molar-refractivity contribution is 5.93. The van der Waals surface area contributed by atoms with E-state index >= 15 is 0 Å². The van der Waals surface area contributed by atoms with Crippen molar-refractivity contribution in [3.05, 3.63) is 57.9 Å². The lowest BCUT2D eigenvalue weighted by Gasteiger charge is -2.06. The number of benzene rings is 1. The largest absolute Gasteiger partial charge is 0.399 e. The number of nitrogens with two attached hydrogens (primary N) is 1. The number of nitro groups is 1. The molecule has 0 atom stereocenters. The third-order valence-electron chi connectivity index (χ3n) is 2.87. The van der Waals surface area contributed by atoms with Gasteiger partial charge in [-0.2, -0.15) is 0 Å². The second-order valence-corrected chi connectivity index (χ2v) is 4.38. The average Bonchev–Trinajstić information content (AvgIpc) is 2.80. The molecule has 0 unspecified atom stereocenters. The molecule has 1 amide bonds. The van der Waals surface area contributed by atoms with Crippen LogP contribution in [-0.2, 0) is 13.6 Å². The van der Waals surface area contributed by atoms with E-state index in [0.29, 0.717) is 12.2 Å². The van der Waals surface area contributed by atoms with E-state index < -0.39 is 4.92 Å². The molecular formula is C13H14N4O3. The van der Waals surface area contributed by atoms with E-state index in [4.69, 9.17) is 5.73 Å². The lowest BCUT2D eigenvalue weighted by atomic mass is 10.2. The molecule has 2 rings (SSSR count). The molecule has 0 saturated carbocycles. The van der Waals surface area contributed by atoms with Gasteiger partial charge < -0.3 is 15.6 Å². The number of carbonyl (C=O) groups is 1. The molecule has 0 aliphatic rings. The maximum atomic E-state index is 12.0. The van der Waals surface area contributed by atoms with Gasteiger partial charge in [-0.3, -0.25) is 14.9 Å². The molecule has 1 aromatic heterocycles. The van der Waals surface area contributed by atoms with Crippen LogP contribution in [0.15, 0.2) is 36.5 Å². The summed E-state index contributed by atoms with van der Waals surface area (Å²) in [5.74, 6) is -0.363. The van der Waals surface area contributed by atoms with Gasteiger partial charge >= 0.3 is 0 Å². The number of aromatic nitrogens is 1. The van der Waals surface area contributed by atoms with Crippen molar-refractivity contribution in [3.63, 3.8) is 0 Å². The third kappa shape index (κ3) is 2.94. The number of carbonyl (C=O) groups excluding carboxylic acids is 1. The van der Waals surface area contributed by atoms with E-state index in [0.717, 1.165) is 5.56 Å². The fraction of sp³-hybridized carbons (Fsp3) is 0.154. The van der Waals surface area contributed by atoms with Crippen LogP contribution in [0.3, 0.4) is 0 Å². The second-order valence-electron chi connectivity index (χ2n) is 4.38. The number of nitrogens with one attached hydrogen (secondary N) is 1. The van der Waals surface area contributed by atoms with E-state index in [2.05, 4.69) is 5.32 Å². The van der Waals surface area contributed by atoms with Crippen molar-refractivity contribution in [2.24, 2.45) is 7.05 Å². The lowest BCUT2D eigenvalue weighted by molar-refractivity contribution is -0.384. The molecule has 0 bridgehead atoms. The Morgan fingerprint density at radius 1 is 1.40 bits per heavy atom. The predicted molar refractivity (Wildman–Crippen MR) is 74.1 cm³/mol. The number of amides is 1. The van der Waals surface area contributed by atoms with Crippen molar-refractivity contribution in [2.45, 2.75) is 6.54 Å². The Balaban J connectivity index is 2.05. The van der Waals surface area contributed by atoms with Gasteiger partial charge in [-0.25, -0.2) is 0 Å². The minimum absolute atomic E-state index is 0.106. The zero-order valence-corrected chi connectivity index (χ0v) is 10.9. The Kier molecular flexibility index (Phi) is 3.69. The summed E-state index contributed by atoms with van der Waals surface area (Å²) in [7, 11) is 1.59. The van der Waals surface area contributed by atoms with Crippen LogP contribution in [0.25, 0.3) is 0 Å². The summed E-state index contributed by atoms with van der Waals surface area (Å²) >= 11 is 0. The van der Waals surface area contributed by atoms with Crippen LogP contribution in [0, 0.1) is 10.1 Å². The summed E-state index contributed by atoms with van der Waals surface area (Å²) in [6, 6.07) is 8.36. The van der Waals surface area contributed by atoms with E-state index in [1.807, 2.05) is 12.1 Å². The number of aryl methyl sites for hydroxylation is 1. The van der Waals surface area contributed by atoms with Crippen molar-refractivity contribution in [3.8, 4) is 0 Å². The van der Waals surface area contributed by atoms with E-state index in [9.17, 15) is 14.9 Å². The summed E-state index contributed by atoms with van der Waals surface area (Å²) in [6.07, 6.45) is 1.30. The number of nitrogens with zero attached hydrogens (tertiary/aromatic N) is 2. The molecule has 0 radical (unpaired) electrons. The van der Waals surface area contributed by atoms with Gasteiger partial charge in [-0.15, -0.1) is 0 Å². The summed E-state index contributed by atoms with van der Waals surface area (Å²) < 4.78 is 1.43. The number of anilines is 1. The Morgan fingerprint density at radius 2 is 2.05 bits per heavy atom. The SMILES string of the molecule is Cn1cc([N+](=O)[O-])cc1C(=O)NCc1ccc(N)cc1. The molecule has 2 aromatic rings. The van der Waals surface area contributed by atoms with E-state index in [-0.39, 0.29) is 17.3 Å². The van der Waals surface area contributed by atoms with Crippen LogP contribution in [0.5, 0.6) is 0 Å². The Labute approximate surface area is 115 Å². The highest BCUT2D eigenvalue weighted by Crippen LogP contribution is 2.15. The van der Waals surface area contributed by atoms with Gasteiger partial charge in [0.05, 0.1) is 11.1 Å². The summed E-state index contributed by atoms with van der Waals surface area (Å²) in [4.78, 5) is 22.1. The number of hydrogen-bond donors (Lipinski definition) is 2. The second kappa shape index (κ2) is 5.43. The van der Waals surface area contributed by atoms with Crippen molar-refractivity contribution >= 4 is 17.3 Å². The molecule has 0 aliphatic heterocycles. The smallest absolute Gasteiger partial charge is 0.287 e. The molecule has 7 heteroatoms. The van der Waals surface area contributed by atoms with Gasteiger partial charge in [-0.05, 0) is 17.7 Å². The van der Waals surface area contributed by atoms with E-state index in [1.165, 1.54) is 16.8 Å². The van der Waals surface area contributed by atoms with Gasteiger partial charge in [0.1, 0.15) is 5.69 Å². The number of hydrogen-bond acceptors (Lipinski definition) is 4. The summed E-state index contributed by atoms with van der Waals surface area (Å²) in [6.45, 7) is 0.331. The average molecular weight is 274 g/mol. The normalized spacial score (nSPS) is 10.2. The predicted octanol–water partition coefficient (Wildman–Crippen LogP) is 1.45. The monoisotopic (exact) mass is 274 g/mol. The Bertz CT molecular complexity index is 646. The zero-order chi connectivity index (χ0) is 14.7. The van der Waals surface area contributed by atoms with Crippen molar-refractivity contribution in [2.75, 3.05) is 5.73 Å². The zero-order valence-electron chi connectivity index (χ0n) is 10.9. The molecule has 0 aliphatic carbocycles. The highest BCUT2D eigenvalue weighted by Gasteiger charge is 2.17. The fourth-order valence-electron chi connectivity index (χ4n) is 1.78. The van der Waals surface area contributed by atoms with Crippen LogP contribution in [-0.4, -0.2) is 15.4 Å². The van der Waals surface area contributed by atoms with Crippen molar-refractivity contribution in [1.29, 1.82) is 0 Å². The highest BCUT2D eigenvalue weighted by atomic mass is 16.6. The summed E-state index contributed by atoms with van der Waals surface area (Å²) in [5, 5.41) is 13.4. The standard InChI is InChI=1S/C13H14N4O3/c1-16-8-11(17(19)20)6-12(16)13(18)15-7-9-2-4-10(14)5-3-9/h2-6,8H,7,14H2,1H3,(H,15,18). The van der Waals surface area contributed by atoms with Crippen molar-refractivity contribution < 1.29 is 9.72 Å². The van der Waals surface area contributed by atoms with Crippen LogP contribution in [0.1, 0.15) is 16.1 Å². The first-order valence-electron chi connectivity index (χ1n) is 5.91. The molecular weight excluding hydrogens is 260 g/mol. The van der Waals surface area contributed by atoms with Crippen LogP contribution >= 0.6 is 0 Å². The molecule has 7 nitrogen and oxygen atoms in total. The first-order chi connectivity index (χ1) is 9.47. The fourth-order valence-corrected chi connectivity index (χ4v) is 1.78. The molecule has 0 fully saturated rings. The third-order valence-corrected chi connectivity index (χ3v) is 2.87. The van der Waals surface area contributed by atoms with Crippen LogP contribution < -0.4 is 11.1 Å². The molecule has 1 aromatic carbocycles. The van der Waals surface area contributed by atoms with Gasteiger partial charge in [0.2, 0.25) is 0 Å². The molecule has 0 spiro atoms. The molecule has 0 saturated heterocycles. The van der Waals surface area contributed by atoms with Gasteiger partial charge in [0.15, 0.2) is 0 Å². The molecule has 20 heavy (non-hydrogen) atoms. The minimum atomic E-state index is -0.531. The maximum Gasteiger partial charge on any atom is 0.287 e. The quantitative estimate of drug-likeness (QED) is 0.500. The number of nitrogen functional groups attached to an aromatic ring is 1. The molecule has 1 heterocycles. The Morgan fingerprint density at radius 3 is 2.60 bits per heavy atom. The van der Waals surface area contributed by atoms with Gasteiger partial charge in [0.25, 0.3) is 11.6 Å². The summed E-state index contributed by atoms with van der Waals surface area (Å²) in [5.41, 5.74) is 7.26. The van der Waals surface area contributed by atoms with Gasteiger partial charge in [0, 0.05) is 25.3 Å². The Hall–Kier alpha value is -2.83. The number of rotatable bonds is 4. The molecule has 3 N–H and O–H groups in total. The molecule has 104 valence electrons. The van der Waals surface area contributed by atoms with Gasteiger partial charge in [-0.1, -0.05) is 12.1 Å². The first-order valence-corrected chi connectivity index (χ1v) is 5.91. The van der Waals surface area contributed by atoms with E-state index in [1.54, 1.807) is 19.2 Å². The lowest BCUT2D eigenvalue weighted by Crippen LogP contribution is -2.24.